The molecule has 0 spiro atoms. The summed E-state index contributed by atoms with van der Waals surface area (Å²) in [4.78, 5) is 25.3. The minimum Gasteiger partial charge on any atom is -0.379 e. The topological polar surface area (TPSA) is 101 Å². The van der Waals surface area contributed by atoms with Crippen molar-refractivity contribution in [3.63, 3.8) is 0 Å². The van der Waals surface area contributed by atoms with Gasteiger partial charge < -0.3 is 10.1 Å². The first-order valence-electron chi connectivity index (χ1n) is 6.49. The fraction of sp³-hybridized carbons (Fsp3) is 0.636. The third-order valence-corrected chi connectivity index (χ3v) is 2.90. The molecular formula is C11H18N6O3. The van der Waals surface area contributed by atoms with Crippen LogP contribution in [-0.4, -0.2) is 71.0 Å². The number of amides is 2. The van der Waals surface area contributed by atoms with Gasteiger partial charge in [-0.2, -0.15) is 0 Å². The molecule has 9 heteroatoms. The lowest BCUT2D eigenvalue weighted by Crippen LogP contribution is -2.41. The summed E-state index contributed by atoms with van der Waals surface area (Å²) in [5, 5.41) is 9.60. The average molecular weight is 282 g/mol. The Kier molecular flexibility index (Phi) is 5.44. The maximum atomic E-state index is 11.5. The van der Waals surface area contributed by atoms with Crippen molar-refractivity contribution in [3.8, 4) is 0 Å². The van der Waals surface area contributed by atoms with E-state index in [1.54, 1.807) is 0 Å². The van der Waals surface area contributed by atoms with Crippen molar-refractivity contribution in [2.45, 2.75) is 6.42 Å². The molecule has 2 amide bonds. The van der Waals surface area contributed by atoms with E-state index >= 15 is 0 Å². The van der Waals surface area contributed by atoms with Crippen LogP contribution in [0, 0.1) is 0 Å². The van der Waals surface area contributed by atoms with Crippen molar-refractivity contribution in [1.29, 1.82) is 0 Å². The van der Waals surface area contributed by atoms with Crippen LogP contribution in [0.5, 0.6) is 0 Å². The van der Waals surface area contributed by atoms with E-state index in [2.05, 4.69) is 25.8 Å². The van der Waals surface area contributed by atoms with Gasteiger partial charge in [-0.1, -0.05) is 0 Å². The fourth-order valence-electron chi connectivity index (χ4n) is 1.84. The Labute approximate surface area is 116 Å². The normalized spacial score (nSPS) is 15.8. The second-order valence-electron chi connectivity index (χ2n) is 4.37. The number of aromatic nitrogens is 3. The van der Waals surface area contributed by atoms with Crippen molar-refractivity contribution >= 4 is 11.8 Å². The van der Waals surface area contributed by atoms with Crippen LogP contribution in [0.4, 0.5) is 0 Å². The highest BCUT2D eigenvalue weighted by atomic mass is 16.5. The number of carbonyl (C=O) groups excluding carboxylic acids is 2. The summed E-state index contributed by atoms with van der Waals surface area (Å²) >= 11 is 0. The van der Waals surface area contributed by atoms with Crippen molar-refractivity contribution in [3.05, 3.63) is 12.7 Å². The third kappa shape index (κ3) is 4.59. The quantitative estimate of drug-likeness (QED) is 0.487. The van der Waals surface area contributed by atoms with Crippen LogP contribution in [0.3, 0.4) is 0 Å². The Morgan fingerprint density at radius 2 is 1.85 bits per heavy atom. The van der Waals surface area contributed by atoms with Crippen LogP contribution in [-0.2, 0) is 14.3 Å². The molecule has 1 aromatic rings. The van der Waals surface area contributed by atoms with E-state index < -0.39 is 11.8 Å². The van der Waals surface area contributed by atoms with Gasteiger partial charge in [0, 0.05) is 19.6 Å². The summed E-state index contributed by atoms with van der Waals surface area (Å²) in [5.74, 6) is -1.41. The molecule has 0 bridgehead atoms. The molecule has 0 aromatic carbocycles. The summed E-state index contributed by atoms with van der Waals surface area (Å²) in [7, 11) is 0. The maximum absolute atomic E-state index is 11.5. The zero-order valence-electron chi connectivity index (χ0n) is 11.1. The Balaban J connectivity index is 1.58. The van der Waals surface area contributed by atoms with Gasteiger partial charge in [-0.3, -0.25) is 19.9 Å². The molecule has 0 aliphatic carbocycles. The van der Waals surface area contributed by atoms with Gasteiger partial charge >= 0.3 is 11.8 Å². The van der Waals surface area contributed by atoms with E-state index in [1.165, 1.54) is 17.3 Å². The van der Waals surface area contributed by atoms with E-state index in [-0.39, 0.29) is 0 Å². The summed E-state index contributed by atoms with van der Waals surface area (Å²) in [6, 6.07) is 0. The van der Waals surface area contributed by atoms with E-state index in [1.807, 2.05) is 0 Å². The smallest absolute Gasteiger partial charge is 0.328 e. The maximum Gasteiger partial charge on any atom is 0.328 e. The van der Waals surface area contributed by atoms with E-state index in [0.29, 0.717) is 6.54 Å². The fourth-order valence-corrected chi connectivity index (χ4v) is 1.84. The van der Waals surface area contributed by atoms with Gasteiger partial charge in [-0.25, -0.2) is 4.68 Å². The number of ether oxygens (including phenoxy) is 1. The third-order valence-electron chi connectivity index (χ3n) is 2.90. The van der Waals surface area contributed by atoms with E-state index in [0.717, 1.165) is 39.3 Å². The number of rotatable bonds is 5. The Bertz CT molecular complexity index is 429. The van der Waals surface area contributed by atoms with Gasteiger partial charge in [0.15, 0.2) is 0 Å². The molecule has 1 aliphatic heterocycles. The predicted octanol–water partition coefficient (Wildman–Crippen LogP) is -1.81. The van der Waals surface area contributed by atoms with Crippen molar-refractivity contribution in [2.75, 3.05) is 44.8 Å². The SMILES string of the molecule is O=C(NCCCN1CCOCC1)C(=O)Nn1cnnc1. The van der Waals surface area contributed by atoms with Crippen LogP contribution in [0.1, 0.15) is 6.42 Å². The van der Waals surface area contributed by atoms with Crippen LogP contribution < -0.4 is 10.7 Å². The molecule has 20 heavy (non-hydrogen) atoms. The summed E-state index contributed by atoms with van der Waals surface area (Å²) in [5.41, 5.74) is 2.33. The van der Waals surface area contributed by atoms with Gasteiger partial charge in [0.25, 0.3) is 0 Å². The van der Waals surface area contributed by atoms with Gasteiger partial charge in [-0.05, 0) is 13.0 Å². The number of hydrogen-bond acceptors (Lipinski definition) is 6. The molecule has 2 heterocycles. The molecule has 2 N–H and O–H groups in total. The van der Waals surface area contributed by atoms with Crippen molar-refractivity contribution in [1.82, 2.24) is 25.1 Å². The predicted molar refractivity (Wildman–Crippen MR) is 69.3 cm³/mol. The molecule has 1 aliphatic rings. The monoisotopic (exact) mass is 282 g/mol. The minimum absolute atomic E-state index is 0.464. The van der Waals surface area contributed by atoms with Gasteiger partial charge in [-0.15, -0.1) is 10.2 Å². The molecule has 1 saturated heterocycles. The number of morpholine rings is 1. The first-order chi connectivity index (χ1) is 9.75. The highest BCUT2D eigenvalue weighted by Gasteiger charge is 2.14. The number of nitrogens with zero attached hydrogens (tertiary/aromatic N) is 4. The highest BCUT2D eigenvalue weighted by Crippen LogP contribution is 1.97. The zero-order valence-corrected chi connectivity index (χ0v) is 11.1. The second kappa shape index (κ2) is 7.56. The number of hydrogen-bond donors (Lipinski definition) is 2. The summed E-state index contributed by atoms with van der Waals surface area (Å²) < 4.78 is 6.47. The molecule has 2 rings (SSSR count). The minimum atomic E-state index is -0.740. The molecule has 110 valence electrons. The van der Waals surface area contributed by atoms with Crippen molar-refractivity contribution < 1.29 is 14.3 Å². The molecule has 9 nitrogen and oxygen atoms in total. The van der Waals surface area contributed by atoms with Crippen molar-refractivity contribution in [2.24, 2.45) is 0 Å². The Hall–Kier alpha value is -2.00. The lowest BCUT2D eigenvalue weighted by Gasteiger charge is -2.26. The van der Waals surface area contributed by atoms with Gasteiger partial charge in [0.1, 0.15) is 12.7 Å². The van der Waals surface area contributed by atoms with Crippen LogP contribution in [0.15, 0.2) is 12.7 Å². The Morgan fingerprint density at radius 1 is 1.15 bits per heavy atom. The first kappa shape index (κ1) is 14.4. The highest BCUT2D eigenvalue weighted by molar-refractivity contribution is 6.38. The Morgan fingerprint density at radius 3 is 2.55 bits per heavy atom. The van der Waals surface area contributed by atoms with Crippen LogP contribution in [0.25, 0.3) is 0 Å². The summed E-state index contributed by atoms with van der Waals surface area (Å²) in [6.45, 7) is 4.70. The number of carbonyl (C=O) groups is 2. The van der Waals surface area contributed by atoms with E-state index in [4.69, 9.17) is 4.74 Å². The molecule has 0 saturated carbocycles. The molecule has 0 radical (unpaired) electrons. The van der Waals surface area contributed by atoms with Crippen LogP contribution in [0.2, 0.25) is 0 Å². The zero-order chi connectivity index (χ0) is 14.2. The molecule has 0 unspecified atom stereocenters. The lowest BCUT2D eigenvalue weighted by atomic mass is 10.3. The molecule has 1 aromatic heterocycles. The summed E-state index contributed by atoms with van der Waals surface area (Å²) in [6.07, 6.45) is 3.39. The molecule has 1 fully saturated rings. The van der Waals surface area contributed by atoms with Crippen LogP contribution >= 0.6 is 0 Å². The largest absolute Gasteiger partial charge is 0.379 e. The molecular weight excluding hydrogens is 264 g/mol. The van der Waals surface area contributed by atoms with Gasteiger partial charge in [0.2, 0.25) is 0 Å². The average Bonchev–Trinajstić information content (AvgIpc) is 2.97. The lowest BCUT2D eigenvalue weighted by molar-refractivity contribution is -0.136. The first-order valence-corrected chi connectivity index (χ1v) is 6.49. The second-order valence-corrected chi connectivity index (χ2v) is 4.37. The van der Waals surface area contributed by atoms with Gasteiger partial charge in [0.05, 0.1) is 13.2 Å². The molecule has 0 atom stereocenters. The number of nitrogens with one attached hydrogen (secondary N) is 2. The standard InChI is InChI=1S/C11H18N6O3/c18-10(11(19)15-17-8-13-14-9-17)12-2-1-3-16-4-6-20-7-5-16/h8-9H,1-7H2,(H,12,18)(H,15,19). The van der Waals surface area contributed by atoms with E-state index in [9.17, 15) is 9.59 Å².